The zero-order valence-corrected chi connectivity index (χ0v) is 15.4. The first-order valence-corrected chi connectivity index (χ1v) is 9.01. The van der Waals surface area contributed by atoms with Crippen molar-refractivity contribution >= 4 is 11.8 Å². The van der Waals surface area contributed by atoms with E-state index in [0.717, 1.165) is 11.3 Å². The number of methoxy groups -OCH3 is 1. The molecule has 0 heterocycles. The van der Waals surface area contributed by atoms with Crippen LogP contribution < -0.4 is 20.1 Å². The lowest BCUT2D eigenvalue weighted by Gasteiger charge is -2.16. The van der Waals surface area contributed by atoms with Crippen LogP contribution in [0.3, 0.4) is 0 Å². The molecule has 1 aliphatic rings. The smallest absolute Gasteiger partial charge is 0.235 e. The summed E-state index contributed by atoms with van der Waals surface area (Å²) < 4.78 is 10.7. The quantitative estimate of drug-likeness (QED) is 0.526. The first-order chi connectivity index (χ1) is 13.1. The number of carbonyl (C=O) groups excluding carboxylic acids is 2. The number of carbonyl (C=O) groups is 2. The van der Waals surface area contributed by atoms with E-state index in [-0.39, 0.29) is 11.8 Å². The van der Waals surface area contributed by atoms with Gasteiger partial charge in [-0.1, -0.05) is 30.3 Å². The Morgan fingerprint density at radius 2 is 1.56 bits per heavy atom. The molecule has 0 aliphatic heterocycles. The molecule has 2 N–H and O–H groups in total. The van der Waals surface area contributed by atoms with E-state index in [1.807, 2.05) is 42.5 Å². The number of hydrogen-bond donors (Lipinski definition) is 2. The van der Waals surface area contributed by atoms with Gasteiger partial charge in [0.15, 0.2) is 0 Å². The predicted molar refractivity (Wildman–Crippen MR) is 101 cm³/mol. The Morgan fingerprint density at radius 1 is 0.926 bits per heavy atom. The van der Waals surface area contributed by atoms with Crippen LogP contribution in [0.1, 0.15) is 18.4 Å². The number of hydrogen-bond acceptors (Lipinski definition) is 4. The molecule has 0 unspecified atom stereocenters. The SMILES string of the molecule is COc1ccc(OCCNC(=O)C2(C(=O)NCc3ccccc3)CC2)cc1. The second kappa shape index (κ2) is 8.58. The minimum atomic E-state index is -0.922. The fourth-order valence-corrected chi connectivity index (χ4v) is 2.80. The maximum absolute atomic E-state index is 12.4. The van der Waals surface area contributed by atoms with Crippen LogP contribution in [0, 0.1) is 5.41 Å². The van der Waals surface area contributed by atoms with Crippen LogP contribution in [0.4, 0.5) is 0 Å². The summed E-state index contributed by atoms with van der Waals surface area (Å²) in [6.07, 6.45) is 1.16. The van der Waals surface area contributed by atoms with E-state index in [9.17, 15) is 9.59 Å². The van der Waals surface area contributed by atoms with Gasteiger partial charge in [0.2, 0.25) is 11.8 Å². The molecule has 1 saturated carbocycles. The average Bonchev–Trinajstić information content (AvgIpc) is 3.52. The molecule has 6 heteroatoms. The second-order valence-corrected chi connectivity index (χ2v) is 6.53. The molecular weight excluding hydrogens is 344 g/mol. The van der Waals surface area contributed by atoms with Gasteiger partial charge in [-0.15, -0.1) is 0 Å². The minimum absolute atomic E-state index is 0.208. The largest absolute Gasteiger partial charge is 0.497 e. The third-order valence-corrected chi connectivity index (χ3v) is 4.63. The zero-order chi connectivity index (χ0) is 19.1. The molecule has 6 nitrogen and oxygen atoms in total. The fourth-order valence-electron chi connectivity index (χ4n) is 2.80. The molecule has 2 aromatic carbocycles. The van der Waals surface area contributed by atoms with Gasteiger partial charge in [-0.3, -0.25) is 9.59 Å². The van der Waals surface area contributed by atoms with Crippen LogP contribution >= 0.6 is 0 Å². The molecule has 1 fully saturated rings. The lowest BCUT2D eigenvalue weighted by atomic mass is 10.1. The fraction of sp³-hybridized carbons (Fsp3) is 0.333. The molecule has 142 valence electrons. The van der Waals surface area contributed by atoms with E-state index in [0.29, 0.717) is 38.3 Å². The van der Waals surface area contributed by atoms with Crippen molar-refractivity contribution in [2.45, 2.75) is 19.4 Å². The summed E-state index contributed by atoms with van der Waals surface area (Å²) in [7, 11) is 1.61. The summed E-state index contributed by atoms with van der Waals surface area (Å²) in [4.78, 5) is 24.9. The van der Waals surface area contributed by atoms with Gasteiger partial charge < -0.3 is 20.1 Å². The first-order valence-electron chi connectivity index (χ1n) is 9.01. The van der Waals surface area contributed by atoms with Gasteiger partial charge in [-0.2, -0.15) is 0 Å². The van der Waals surface area contributed by atoms with E-state index in [4.69, 9.17) is 9.47 Å². The number of ether oxygens (including phenoxy) is 2. The molecule has 0 bridgehead atoms. The molecule has 27 heavy (non-hydrogen) atoms. The van der Waals surface area contributed by atoms with Crippen molar-refractivity contribution in [1.82, 2.24) is 10.6 Å². The Labute approximate surface area is 158 Å². The van der Waals surface area contributed by atoms with Crippen LogP contribution in [0.15, 0.2) is 54.6 Å². The van der Waals surface area contributed by atoms with Gasteiger partial charge in [-0.05, 0) is 42.7 Å². The summed E-state index contributed by atoms with van der Waals surface area (Å²) in [5, 5.41) is 5.67. The van der Waals surface area contributed by atoms with Gasteiger partial charge in [0.1, 0.15) is 23.5 Å². The highest BCUT2D eigenvalue weighted by atomic mass is 16.5. The topological polar surface area (TPSA) is 76.7 Å². The molecule has 2 aromatic rings. The Bertz CT molecular complexity index is 771. The second-order valence-electron chi connectivity index (χ2n) is 6.53. The van der Waals surface area contributed by atoms with Crippen molar-refractivity contribution in [3.05, 3.63) is 60.2 Å². The molecule has 0 aromatic heterocycles. The maximum atomic E-state index is 12.4. The predicted octanol–water partition coefficient (Wildman–Crippen LogP) is 2.29. The lowest BCUT2D eigenvalue weighted by molar-refractivity contribution is -0.137. The van der Waals surface area contributed by atoms with Crippen molar-refractivity contribution < 1.29 is 19.1 Å². The van der Waals surface area contributed by atoms with Crippen molar-refractivity contribution in [3.63, 3.8) is 0 Å². The van der Waals surface area contributed by atoms with Gasteiger partial charge in [0.05, 0.1) is 13.7 Å². The minimum Gasteiger partial charge on any atom is -0.497 e. The number of benzene rings is 2. The van der Waals surface area contributed by atoms with E-state index >= 15 is 0 Å². The van der Waals surface area contributed by atoms with Gasteiger partial charge in [0, 0.05) is 6.54 Å². The van der Waals surface area contributed by atoms with E-state index in [1.165, 1.54) is 0 Å². The summed E-state index contributed by atoms with van der Waals surface area (Å²) in [5.41, 5.74) is 0.0875. The van der Waals surface area contributed by atoms with Crippen LogP contribution in [0.2, 0.25) is 0 Å². The molecule has 3 rings (SSSR count). The summed E-state index contributed by atoms with van der Waals surface area (Å²) in [5.74, 6) is 1.02. The highest BCUT2D eigenvalue weighted by molar-refractivity contribution is 6.07. The molecule has 0 spiro atoms. The van der Waals surface area contributed by atoms with Crippen LogP contribution in [-0.4, -0.2) is 32.1 Å². The Morgan fingerprint density at radius 3 is 2.19 bits per heavy atom. The molecule has 1 aliphatic carbocycles. The summed E-state index contributed by atoms with van der Waals surface area (Å²) in [6, 6.07) is 16.9. The Balaban J connectivity index is 1.40. The number of nitrogens with one attached hydrogen (secondary N) is 2. The van der Waals surface area contributed by atoms with E-state index in [1.54, 1.807) is 19.2 Å². The monoisotopic (exact) mass is 368 g/mol. The normalized spacial score (nSPS) is 14.1. The molecule has 0 radical (unpaired) electrons. The van der Waals surface area contributed by atoms with Crippen LogP contribution in [-0.2, 0) is 16.1 Å². The maximum Gasteiger partial charge on any atom is 0.235 e. The van der Waals surface area contributed by atoms with Gasteiger partial charge >= 0.3 is 0 Å². The standard InChI is InChI=1S/C21H24N2O4/c1-26-17-7-9-18(10-8-17)27-14-13-22-19(24)21(11-12-21)20(25)23-15-16-5-3-2-4-6-16/h2-10H,11-15H2,1H3,(H,22,24)(H,23,25). The van der Waals surface area contributed by atoms with Crippen molar-refractivity contribution in [1.29, 1.82) is 0 Å². The highest BCUT2D eigenvalue weighted by Crippen LogP contribution is 2.46. The van der Waals surface area contributed by atoms with E-state index < -0.39 is 5.41 Å². The zero-order valence-electron chi connectivity index (χ0n) is 15.4. The lowest BCUT2D eigenvalue weighted by Crippen LogP contribution is -2.43. The molecule has 2 amide bonds. The Hall–Kier alpha value is -3.02. The molecular formula is C21H24N2O4. The first kappa shape index (κ1) is 18.8. The van der Waals surface area contributed by atoms with Crippen LogP contribution in [0.5, 0.6) is 11.5 Å². The number of rotatable bonds is 9. The highest BCUT2D eigenvalue weighted by Gasteiger charge is 2.56. The van der Waals surface area contributed by atoms with Gasteiger partial charge in [0.25, 0.3) is 0 Å². The van der Waals surface area contributed by atoms with E-state index in [2.05, 4.69) is 10.6 Å². The van der Waals surface area contributed by atoms with Crippen molar-refractivity contribution in [3.8, 4) is 11.5 Å². The molecule has 0 atom stereocenters. The van der Waals surface area contributed by atoms with Gasteiger partial charge in [-0.25, -0.2) is 0 Å². The Kier molecular flexibility index (Phi) is 5.96. The summed E-state index contributed by atoms with van der Waals surface area (Å²) >= 11 is 0. The number of amides is 2. The average molecular weight is 368 g/mol. The summed E-state index contributed by atoms with van der Waals surface area (Å²) in [6.45, 7) is 1.10. The third kappa shape index (κ3) is 4.78. The molecule has 0 saturated heterocycles. The van der Waals surface area contributed by atoms with Crippen molar-refractivity contribution in [2.75, 3.05) is 20.3 Å². The van der Waals surface area contributed by atoms with Crippen molar-refractivity contribution in [2.24, 2.45) is 5.41 Å². The third-order valence-electron chi connectivity index (χ3n) is 4.63. The van der Waals surface area contributed by atoms with Crippen LogP contribution in [0.25, 0.3) is 0 Å².